The molecule has 5 heteroatoms. The Morgan fingerprint density at radius 1 is 1.30 bits per heavy atom. The minimum Gasteiger partial charge on any atom is -0.462 e. The van der Waals surface area contributed by atoms with E-state index in [1.165, 1.54) is 6.07 Å². The van der Waals surface area contributed by atoms with Gasteiger partial charge in [0.1, 0.15) is 17.1 Å². The number of esters is 1. The summed E-state index contributed by atoms with van der Waals surface area (Å²) < 4.78 is 25.1. The molecular weight excluding hydrogens is 297 g/mol. The molecular formula is C18H18FNO3. The third-order valence-electron chi connectivity index (χ3n) is 4.45. The Labute approximate surface area is 133 Å². The highest BCUT2D eigenvalue weighted by Gasteiger charge is 2.38. The van der Waals surface area contributed by atoms with Crippen molar-refractivity contribution in [1.82, 2.24) is 5.16 Å². The van der Waals surface area contributed by atoms with Crippen molar-refractivity contribution in [3.05, 3.63) is 40.9 Å². The fourth-order valence-corrected chi connectivity index (χ4v) is 3.02. The topological polar surface area (TPSA) is 52.3 Å². The van der Waals surface area contributed by atoms with Crippen LogP contribution in [0, 0.1) is 5.82 Å². The Kier molecular flexibility index (Phi) is 3.43. The molecule has 23 heavy (non-hydrogen) atoms. The molecule has 4 rings (SSSR count). The minimum atomic E-state index is -0.476. The lowest BCUT2D eigenvalue weighted by molar-refractivity contribution is 0.0524. The summed E-state index contributed by atoms with van der Waals surface area (Å²) in [5.41, 5.74) is 1.91. The molecule has 120 valence electrons. The van der Waals surface area contributed by atoms with Gasteiger partial charge in [0.05, 0.1) is 6.61 Å². The SMILES string of the molecule is CCOC(=O)c1c(-c2c(F)cccc2C2CC2)noc1C1CC1. The van der Waals surface area contributed by atoms with Crippen molar-refractivity contribution < 1.29 is 18.4 Å². The van der Waals surface area contributed by atoms with Gasteiger partial charge in [0.25, 0.3) is 0 Å². The second-order valence-electron chi connectivity index (χ2n) is 6.24. The minimum absolute atomic E-state index is 0.201. The van der Waals surface area contributed by atoms with Crippen molar-refractivity contribution in [2.24, 2.45) is 0 Å². The zero-order valence-electron chi connectivity index (χ0n) is 13.0. The third-order valence-corrected chi connectivity index (χ3v) is 4.45. The molecule has 0 spiro atoms. The lowest BCUT2D eigenvalue weighted by atomic mass is 9.96. The van der Waals surface area contributed by atoms with E-state index in [0.29, 0.717) is 28.5 Å². The molecule has 2 fully saturated rings. The van der Waals surface area contributed by atoms with Gasteiger partial charge >= 0.3 is 5.97 Å². The van der Waals surface area contributed by atoms with E-state index < -0.39 is 5.97 Å². The molecule has 0 unspecified atom stereocenters. The number of benzene rings is 1. The van der Waals surface area contributed by atoms with Crippen LogP contribution in [0.1, 0.15) is 66.1 Å². The Hall–Kier alpha value is -2.17. The Balaban J connectivity index is 1.88. The lowest BCUT2D eigenvalue weighted by Gasteiger charge is -2.09. The highest BCUT2D eigenvalue weighted by Crippen LogP contribution is 2.48. The largest absolute Gasteiger partial charge is 0.462 e. The van der Waals surface area contributed by atoms with Crippen LogP contribution in [0.4, 0.5) is 4.39 Å². The van der Waals surface area contributed by atoms with E-state index in [1.54, 1.807) is 13.0 Å². The predicted octanol–water partition coefficient (Wildman–Crippen LogP) is 4.41. The van der Waals surface area contributed by atoms with Gasteiger partial charge in [-0.25, -0.2) is 9.18 Å². The number of carbonyl (C=O) groups is 1. The van der Waals surface area contributed by atoms with E-state index in [-0.39, 0.29) is 18.3 Å². The van der Waals surface area contributed by atoms with Crippen LogP contribution < -0.4 is 0 Å². The number of halogens is 1. The standard InChI is InChI=1S/C18H18FNO3/c1-2-22-18(21)15-16(20-23-17(15)11-8-9-11)14-12(10-6-7-10)4-3-5-13(14)19/h3-5,10-11H,2,6-9H2,1H3. The molecule has 1 aromatic heterocycles. The number of rotatable bonds is 5. The molecule has 1 heterocycles. The van der Waals surface area contributed by atoms with Crippen molar-refractivity contribution in [2.75, 3.05) is 6.61 Å². The molecule has 0 amide bonds. The molecule has 2 saturated carbocycles. The zero-order valence-corrected chi connectivity index (χ0v) is 13.0. The van der Waals surface area contributed by atoms with Gasteiger partial charge < -0.3 is 9.26 Å². The lowest BCUT2D eigenvalue weighted by Crippen LogP contribution is -2.08. The van der Waals surface area contributed by atoms with E-state index in [2.05, 4.69) is 5.16 Å². The maximum absolute atomic E-state index is 14.5. The predicted molar refractivity (Wildman–Crippen MR) is 81.8 cm³/mol. The van der Waals surface area contributed by atoms with Crippen molar-refractivity contribution in [2.45, 2.75) is 44.4 Å². The summed E-state index contributed by atoms with van der Waals surface area (Å²) in [6.07, 6.45) is 4.01. The molecule has 0 saturated heterocycles. The second-order valence-corrected chi connectivity index (χ2v) is 6.24. The summed E-state index contributed by atoms with van der Waals surface area (Å²) in [5.74, 6) is 0.248. The summed E-state index contributed by atoms with van der Waals surface area (Å²) in [6, 6.07) is 5.02. The van der Waals surface area contributed by atoms with Crippen LogP contribution in [-0.2, 0) is 4.74 Å². The van der Waals surface area contributed by atoms with Crippen LogP contribution in [0.3, 0.4) is 0 Å². The van der Waals surface area contributed by atoms with E-state index in [4.69, 9.17) is 9.26 Å². The van der Waals surface area contributed by atoms with Gasteiger partial charge in [-0.1, -0.05) is 17.3 Å². The van der Waals surface area contributed by atoms with Crippen molar-refractivity contribution >= 4 is 5.97 Å². The molecule has 0 atom stereocenters. The van der Waals surface area contributed by atoms with Gasteiger partial charge in [-0.05, 0) is 50.2 Å². The van der Waals surface area contributed by atoms with E-state index in [0.717, 1.165) is 31.2 Å². The average molecular weight is 315 g/mol. The highest BCUT2D eigenvalue weighted by molar-refractivity contribution is 5.98. The maximum atomic E-state index is 14.5. The summed E-state index contributed by atoms with van der Waals surface area (Å²) in [7, 11) is 0. The smallest absolute Gasteiger partial charge is 0.344 e. The molecule has 2 aromatic rings. The quantitative estimate of drug-likeness (QED) is 0.767. The van der Waals surface area contributed by atoms with E-state index in [1.807, 2.05) is 6.07 Å². The summed E-state index contributed by atoms with van der Waals surface area (Å²) in [5, 5.41) is 4.07. The fraction of sp³-hybridized carbons (Fsp3) is 0.444. The fourth-order valence-electron chi connectivity index (χ4n) is 3.02. The van der Waals surface area contributed by atoms with Crippen molar-refractivity contribution in [3.63, 3.8) is 0 Å². The van der Waals surface area contributed by atoms with Crippen LogP contribution in [0.2, 0.25) is 0 Å². The monoisotopic (exact) mass is 315 g/mol. The zero-order chi connectivity index (χ0) is 16.0. The molecule has 4 nitrogen and oxygen atoms in total. The van der Waals surface area contributed by atoms with Gasteiger partial charge in [0, 0.05) is 11.5 Å². The van der Waals surface area contributed by atoms with Crippen molar-refractivity contribution in [3.8, 4) is 11.3 Å². The average Bonchev–Trinajstić information content (AvgIpc) is 3.44. The molecule has 1 aromatic carbocycles. The number of hydrogen-bond donors (Lipinski definition) is 0. The maximum Gasteiger partial charge on any atom is 0.344 e. The molecule has 0 radical (unpaired) electrons. The Bertz CT molecular complexity index is 760. The number of hydrogen-bond acceptors (Lipinski definition) is 4. The molecule has 0 aliphatic heterocycles. The second kappa shape index (κ2) is 5.48. The normalized spacial score (nSPS) is 17.3. The van der Waals surface area contributed by atoms with Gasteiger partial charge in [0.15, 0.2) is 5.76 Å². The molecule has 2 aliphatic carbocycles. The van der Waals surface area contributed by atoms with Gasteiger partial charge in [0.2, 0.25) is 0 Å². The van der Waals surface area contributed by atoms with E-state index in [9.17, 15) is 9.18 Å². The first-order valence-corrected chi connectivity index (χ1v) is 8.16. The van der Waals surface area contributed by atoms with E-state index >= 15 is 0 Å². The Morgan fingerprint density at radius 3 is 2.70 bits per heavy atom. The summed E-state index contributed by atoms with van der Waals surface area (Å²) in [4.78, 5) is 12.4. The first-order chi connectivity index (χ1) is 11.2. The summed E-state index contributed by atoms with van der Waals surface area (Å²) in [6.45, 7) is 2.01. The first-order valence-electron chi connectivity index (χ1n) is 8.16. The molecule has 0 bridgehead atoms. The van der Waals surface area contributed by atoms with Crippen LogP contribution in [0.5, 0.6) is 0 Å². The molecule has 0 N–H and O–H groups in total. The van der Waals surface area contributed by atoms with Crippen LogP contribution in [0.25, 0.3) is 11.3 Å². The molecule has 2 aliphatic rings. The van der Waals surface area contributed by atoms with Crippen LogP contribution >= 0.6 is 0 Å². The van der Waals surface area contributed by atoms with Crippen LogP contribution in [-0.4, -0.2) is 17.7 Å². The van der Waals surface area contributed by atoms with Gasteiger partial charge in [-0.3, -0.25) is 0 Å². The van der Waals surface area contributed by atoms with Gasteiger partial charge in [-0.2, -0.15) is 0 Å². The number of nitrogens with zero attached hydrogens (tertiary/aromatic N) is 1. The third kappa shape index (κ3) is 2.54. The van der Waals surface area contributed by atoms with Crippen LogP contribution in [0.15, 0.2) is 22.7 Å². The van der Waals surface area contributed by atoms with Crippen molar-refractivity contribution in [1.29, 1.82) is 0 Å². The summed E-state index contributed by atoms with van der Waals surface area (Å²) >= 11 is 0. The number of carbonyl (C=O) groups excluding carboxylic acids is 1. The highest BCUT2D eigenvalue weighted by atomic mass is 19.1. The Morgan fingerprint density at radius 2 is 2.04 bits per heavy atom. The first kappa shape index (κ1) is 14.4. The van der Waals surface area contributed by atoms with Gasteiger partial charge in [-0.15, -0.1) is 0 Å². The number of ether oxygens (including phenoxy) is 1. The number of aromatic nitrogens is 1.